The minimum absolute atomic E-state index is 0.0373. The van der Waals surface area contributed by atoms with Gasteiger partial charge in [-0.15, -0.1) is 13.2 Å². The van der Waals surface area contributed by atoms with Gasteiger partial charge in [0.15, 0.2) is 11.6 Å². The minimum atomic E-state index is -4.85. The molecular weight excluding hydrogens is 347 g/mol. The van der Waals surface area contributed by atoms with Crippen molar-refractivity contribution >= 4 is 16.8 Å². The van der Waals surface area contributed by atoms with Crippen LogP contribution in [0.1, 0.15) is 10.4 Å². The van der Waals surface area contributed by atoms with Gasteiger partial charge in [0, 0.05) is 0 Å². The number of hydrogen-bond acceptors (Lipinski definition) is 3. The number of rotatable bonds is 4. The molecule has 2 aromatic rings. The van der Waals surface area contributed by atoms with Crippen molar-refractivity contribution in [3.63, 3.8) is 0 Å². The van der Waals surface area contributed by atoms with Crippen molar-refractivity contribution in [1.82, 2.24) is 0 Å². The van der Waals surface area contributed by atoms with Gasteiger partial charge in [0.05, 0.1) is 0 Å². The van der Waals surface area contributed by atoms with Gasteiger partial charge in [-0.2, -0.15) is 0 Å². The van der Waals surface area contributed by atoms with Gasteiger partial charge in [-0.05, 0) is 48.0 Å². The van der Waals surface area contributed by atoms with E-state index in [-0.39, 0.29) is 11.5 Å². The molecule has 0 amide bonds. The normalized spacial score (nSPS) is 11.2. The maximum Gasteiger partial charge on any atom is 0.573 e. The van der Waals surface area contributed by atoms with E-state index in [1.807, 2.05) is 0 Å². The monoisotopic (exact) mass is 352 g/mol. The number of halogens is 6. The number of hydrogen-bond donors (Lipinski definition) is 0. The summed E-state index contributed by atoms with van der Waals surface area (Å²) in [6.45, 7) is 0. The summed E-state index contributed by atoms with van der Waals surface area (Å²) in [4.78, 5) is 11.2. The van der Waals surface area contributed by atoms with Crippen LogP contribution in [-0.4, -0.2) is 11.6 Å². The van der Waals surface area contributed by atoms with Gasteiger partial charge in [0.25, 0.3) is 5.24 Å². The van der Waals surface area contributed by atoms with Crippen LogP contribution in [0, 0.1) is 11.6 Å². The third-order valence-electron chi connectivity index (χ3n) is 2.54. The van der Waals surface area contributed by atoms with Crippen molar-refractivity contribution in [1.29, 1.82) is 0 Å². The van der Waals surface area contributed by atoms with Gasteiger partial charge in [-0.3, -0.25) is 4.79 Å². The first-order valence-electron chi connectivity index (χ1n) is 5.89. The zero-order chi connectivity index (χ0) is 17.2. The summed E-state index contributed by atoms with van der Waals surface area (Å²) in [5, 5.41) is -1.28. The highest BCUT2D eigenvalue weighted by atomic mass is 35.5. The Balaban J connectivity index is 2.26. The Morgan fingerprint density at radius 2 is 1.52 bits per heavy atom. The van der Waals surface area contributed by atoms with Crippen molar-refractivity contribution in [3.05, 3.63) is 53.6 Å². The summed E-state index contributed by atoms with van der Waals surface area (Å²) < 4.78 is 71.6. The second kappa shape index (κ2) is 6.41. The molecule has 0 aromatic heterocycles. The molecule has 122 valence electrons. The smallest absolute Gasteiger partial charge is 0.456 e. The third kappa shape index (κ3) is 4.32. The van der Waals surface area contributed by atoms with Gasteiger partial charge >= 0.3 is 6.36 Å². The molecule has 0 aliphatic heterocycles. The first kappa shape index (κ1) is 17.0. The molecule has 0 radical (unpaired) electrons. The minimum Gasteiger partial charge on any atom is -0.456 e. The van der Waals surface area contributed by atoms with Crippen molar-refractivity contribution in [2.24, 2.45) is 0 Å². The Morgan fingerprint density at radius 3 is 2.04 bits per heavy atom. The zero-order valence-corrected chi connectivity index (χ0v) is 11.7. The summed E-state index contributed by atoms with van der Waals surface area (Å²) in [6.07, 6.45) is -4.85. The Kier molecular flexibility index (Phi) is 4.74. The number of alkyl halides is 3. The molecule has 3 nitrogen and oxygen atoms in total. The fourth-order valence-corrected chi connectivity index (χ4v) is 1.81. The van der Waals surface area contributed by atoms with E-state index < -0.39 is 34.6 Å². The van der Waals surface area contributed by atoms with Crippen LogP contribution >= 0.6 is 11.6 Å². The Hall–Kier alpha value is -2.35. The van der Waals surface area contributed by atoms with E-state index in [4.69, 9.17) is 16.3 Å². The largest absolute Gasteiger partial charge is 0.573 e. The van der Waals surface area contributed by atoms with Gasteiger partial charge in [-0.1, -0.05) is 0 Å². The van der Waals surface area contributed by atoms with Crippen molar-refractivity contribution in [2.45, 2.75) is 6.36 Å². The lowest BCUT2D eigenvalue weighted by Gasteiger charge is -2.11. The topological polar surface area (TPSA) is 35.5 Å². The summed E-state index contributed by atoms with van der Waals surface area (Å²) in [7, 11) is 0. The van der Waals surface area contributed by atoms with Crippen LogP contribution in [-0.2, 0) is 0 Å². The van der Waals surface area contributed by atoms with E-state index in [2.05, 4.69) is 4.74 Å². The van der Waals surface area contributed by atoms with Crippen molar-refractivity contribution in [2.75, 3.05) is 0 Å². The van der Waals surface area contributed by atoms with Crippen LogP contribution < -0.4 is 9.47 Å². The average Bonchev–Trinajstić information content (AvgIpc) is 2.43. The number of benzene rings is 2. The van der Waals surface area contributed by atoms with Gasteiger partial charge in [0.2, 0.25) is 0 Å². The molecule has 0 saturated heterocycles. The molecule has 0 aliphatic carbocycles. The quantitative estimate of drug-likeness (QED) is 0.571. The number of carbonyl (C=O) groups excluding carboxylic acids is 1. The first-order chi connectivity index (χ1) is 10.7. The molecule has 9 heteroatoms. The lowest BCUT2D eigenvalue weighted by atomic mass is 10.2. The van der Waals surface area contributed by atoms with E-state index in [0.717, 1.165) is 36.4 Å². The lowest BCUT2D eigenvalue weighted by Crippen LogP contribution is -2.16. The first-order valence-corrected chi connectivity index (χ1v) is 6.26. The summed E-state index contributed by atoms with van der Waals surface area (Å²) in [5.41, 5.74) is -0.817. The summed E-state index contributed by atoms with van der Waals surface area (Å²) in [6, 6.07) is 5.76. The zero-order valence-electron chi connectivity index (χ0n) is 11.0. The maximum atomic E-state index is 13.6. The van der Waals surface area contributed by atoms with Gasteiger partial charge in [0.1, 0.15) is 22.8 Å². The van der Waals surface area contributed by atoms with E-state index in [1.165, 1.54) is 0 Å². The molecule has 0 atom stereocenters. The molecule has 0 bridgehead atoms. The predicted octanol–water partition coefficient (Wildman–Crippen LogP) is 5.03. The second-order valence-electron chi connectivity index (χ2n) is 4.13. The predicted molar refractivity (Wildman–Crippen MR) is 69.7 cm³/mol. The highest BCUT2D eigenvalue weighted by molar-refractivity contribution is 6.68. The molecule has 0 heterocycles. The van der Waals surface area contributed by atoms with E-state index in [0.29, 0.717) is 0 Å². The molecule has 0 N–H and O–H groups in total. The number of carbonyl (C=O) groups is 1. The van der Waals surface area contributed by atoms with Crippen LogP contribution in [0.3, 0.4) is 0 Å². The van der Waals surface area contributed by atoms with Crippen molar-refractivity contribution in [3.8, 4) is 17.2 Å². The molecule has 0 fully saturated rings. The van der Waals surface area contributed by atoms with Gasteiger partial charge in [-0.25, -0.2) is 8.78 Å². The molecule has 2 aromatic carbocycles. The molecule has 0 unspecified atom stereocenters. The molecule has 0 saturated carbocycles. The molecular formula is C14H6ClF5O3. The van der Waals surface area contributed by atoms with E-state index in [1.54, 1.807) is 0 Å². The van der Waals surface area contributed by atoms with Crippen LogP contribution in [0.4, 0.5) is 22.0 Å². The van der Waals surface area contributed by atoms with Crippen LogP contribution in [0.15, 0.2) is 36.4 Å². The molecule has 0 aliphatic rings. The van der Waals surface area contributed by atoms with E-state index in [9.17, 15) is 26.7 Å². The van der Waals surface area contributed by atoms with Crippen LogP contribution in [0.5, 0.6) is 17.2 Å². The Bertz CT molecular complexity index is 728. The fraction of sp³-hybridized carbons (Fsp3) is 0.0714. The molecule has 2 rings (SSSR count). The fourth-order valence-electron chi connectivity index (χ4n) is 1.64. The SMILES string of the molecule is O=C(Cl)c1c(Oc2ccc(OC(F)(F)F)cc2)ccc(F)c1F. The highest BCUT2D eigenvalue weighted by Gasteiger charge is 2.31. The number of ether oxygens (including phenoxy) is 2. The lowest BCUT2D eigenvalue weighted by molar-refractivity contribution is -0.274. The third-order valence-corrected chi connectivity index (χ3v) is 2.73. The second-order valence-corrected chi connectivity index (χ2v) is 4.47. The Morgan fingerprint density at radius 1 is 0.957 bits per heavy atom. The standard InChI is InChI=1S/C14H6ClF5O3/c15-13(21)11-10(6-5-9(16)12(11)17)22-7-1-3-8(4-2-7)23-14(18,19)20/h1-6H. The van der Waals surface area contributed by atoms with Gasteiger partial charge < -0.3 is 9.47 Å². The summed E-state index contributed by atoms with van der Waals surface area (Å²) >= 11 is 5.18. The van der Waals surface area contributed by atoms with Crippen molar-refractivity contribution < 1.29 is 36.2 Å². The average molecular weight is 353 g/mol. The maximum absolute atomic E-state index is 13.6. The Labute approximate surface area is 131 Å². The van der Waals surface area contributed by atoms with Crippen LogP contribution in [0.2, 0.25) is 0 Å². The molecule has 0 spiro atoms. The summed E-state index contributed by atoms with van der Waals surface area (Å²) in [5.74, 6) is -3.70. The highest BCUT2D eigenvalue weighted by Crippen LogP contribution is 2.31. The molecule has 23 heavy (non-hydrogen) atoms. The van der Waals surface area contributed by atoms with E-state index >= 15 is 0 Å². The van der Waals surface area contributed by atoms with Crippen LogP contribution in [0.25, 0.3) is 0 Å².